The Bertz CT molecular complexity index is 722. The van der Waals surface area contributed by atoms with Crippen molar-refractivity contribution in [1.29, 1.82) is 0 Å². The summed E-state index contributed by atoms with van der Waals surface area (Å²) in [6.07, 6.45) is 0. The Kier molecular flexibility index (Phi) is 5.01. The summed E-state index contributed by atoms with van der Waals surface area (Å²) in [6, 6.07) is 11.9. The number of aryl methyl sites for hydroxylation is 1. The van der Waals surface area contributed by atoms with Crippen LogP contribution < -0.4 is 10.6 Å². The van der Waals surface area contributed by atoms with Gasteiger partial charge >= 0.3 is 11.8 Å². The van der Waals surface area contributed by atoms with E-state index in [1.807, 2.05) is 12.1 Å². The molecular weight excluding hydrogens is 292 g/mol. The van der Waals surface area contributed by atoms with Crippen LogP contribution in [0.3, 0.4) is 0 Å². The maximum Gasteiger partial charge on any atom is 0.314 e. The molecule has 23 heavy (non-hydrogen) atoms. The summed E-state index contributed by atoms with van der Waals surface area (Å²) in [5.74, 6) is -0.989. The molecule has 2 aromatic rings. The van der Waals surface area contributed by atoms with Crippen LogP contribution in [0.15, 0.2) is 42.5 Å². The molecule has 2 amide bonds. The number of rotatable bonds is 3. The van der Waals surface area contributed by atoms with Gasteiger partial charge in [0, 0.05) is 11.4 Å². The van der Waals surface area contributed by atoms with Crippen LogP contribution in [0.1, 0.15) is 30.9 Å². The van der Waals surface area contributed by atoms with Gasteiger partial charge in [0.05, 0.1) is 0 Å². The van der Waals surface area contributed by atoms with E-state index < -0.39 is 11.8 Å². The molecule has 2 aromatic carbocycles. The van der Waals surface area contributed by atoms with Gasteiger partial charge < -0.3 is 15.7 Å². The fraction of sp³-hybridized carbons (Fsp3) is 0.222. The molecule has 0 aromatic heterocycles. The first-order chi connectivity index (χ1) is 10.9. The van der Waals surface area contributed by atoms with Crippen molar-refractivity contribution < 1.29 is 14.7 Å². The Morgan fingerprint density at radius 3 is 2.13 bits per heavy atom. The van der Waals surface area contributed by atoms with Crippen molar-refractivity contribution in [1.82, 2.24) is 0 Å². The maximum atomic E-state index is 11.9. The van der Waals surface area contributed by atoms with Gasteiger partial charge in [-0.2, -0.15) is 0 Å². The van der Waals surface area contributed by atoms with Gasteiger partial charge in [-0.15, -0.1) is 0 Å². The Morgan fingerprint density at radius 1 is 0.957 bits per heavy atom. The van der Waals surface area contributed by atoms with E-state index in [2.05, 4.69) is 24.5 Å². The molecular formula is C18H20N2O3. The van der Waals surface area contributed by atoms with Crippen LogP contribution in [0.4, 0.5) is 11.4 Å². The number of amides is 2. The fourth-order valence-electron chi connectivity index (χ4n) is 2.11. The van der Waals surface area contributed by atoms with E-state index in [4.69, 9.17) is 0 Å². The molecule has 5 heteroatoms. The van der Waals surface area contributed by atoms with E-state index in [1.165, 1.54) is 12.1 Å². The number of benzene rings is 2. The number of anilines is 2. The third kappa shape index (κ3) is 4.32. The van der Waals surface area contributed by atoms with E-state index in [-0.39, 0.29) is 5.75 Å². The molecule has 120 valence electrons. The summed E-state index contributed by atoms with van der Waals surface area (Å²) in [5, 5.41) is 14.4. The summed E-state index contributed by atoms with van der Waals surface area (Å²) in [7, 11) is 0. The first-order valence-electron chi connectivity index (χ1n) is 7.38. The van der Waals surface area contributed by atoms with Crippen LogP contribution in [0, 0.1) is 6.92 Å². The summed E-state index contributed by atoms with van der Waals surface area (Å²) in [6.45, 7) is 5.90. The summed E-state index contributed by atoms with van der Waals surface area (Å²) >= 11 is 0. The third-order valence-electron chi connectivity index (χ3n) is 3.50. The first-order valence-corrected chi connectivity index (χ1v) is 7.38. The summed E-state index contributed by atoms with van der Waals surface area (Å²) in [4.78, 5) is 23.9. The minimum absolute atomic E-state index is 0.107. The van der Waals surface area contributed by atoms with E-state index in [0.717, 1.165) is 5.56 Å². The largest absolute Gasteiger partial charge is 0.508 e. The Hall–Kier alpha value is -2.82. The zero-order chi connectivity index (χ0) is 17.0. The number of carbonyl (C=O) groups excluding carboxylic acids is 2. The van der Waals surface area contributed by atoms with Crippen molar-refractivity contribution in [2.75, 3.05) is 10.6 Å². The average Bonchev–Trinajstić information content (AvgIpc) is 2.50. The van der Waals surface area contributed by atoms with Gasteiger partial charge in [0.1, 0.15) is 5.75 Å². The van der Waals surface area contributed by atoms with Crippen molar-refractivity contribution >= 4 is 23.2 Å². The number of phenolic OH excluding ortho intramolecular Hbond substituents is 1. The Morgan fingerprint density at radius 2 is 1.57 bits per heavy atom. The molecule has 0 spiro atoms. The number of nitrogens with one attached hydrogen (secondary N) is 2. The number of aromatic hydroxyl groups is 1. The van der Waals surface area contributed by atoms with Gasteiger partial charge in [0.25, 0.3) is 0 Å². The highest BCUT2D eigenvalue weighted by atomic mass is 16.3. The SMILES string of the molecule is Cc1cc(O)ccc1NC(=O)C(=O)Nc1ccc(C(C)C)cc1. The van der Waals surface area contributed by atoms with Crippen LogP contribution in [-0.4, -0.2) is 16.9 Å². The van der Waals surface area contributed by atoms with Crippen LogP contribution in [0.5, 0.6) is 5.75 Å². The Balaban J connectivity index is 2.01. The molecule has 0 fully saturated rings. The number of hydrogen-bond donors (Lipinski definition) is 3. The topological polar surface area (TPSA) is 78.4 Å². The number of carbonyl (C=O) groups is 2. The van der Waals surface area contributed by atoms with Gasteiger partial charge in [-0.1, -0.05) is 26.0 Å². The molecule has 0 atom stereocenters. The van der Waals surface area contributed by atoms with Crippen molar-refractivity contribution in [3.05, 3.63) is 53.6 Å². The second kappa shape index (κ2) is 6.96. The van der Waals surface area contributed by atoms with E-state index in [1.54, 1.807) is 25.1 Å². The second-order valence-corrected chi connectivity index (χ2v) is 5.68. The molecule has 0 aliphatic carbocycles. The van der Waals surface area contributed by atoms with Crippen LogP contribution in [-0.2, 0) is 9.59 Å². The molecule has 0 aliphatic rings. The molecule has 0 saturated carbocycles. The van der Waals surface area contributed by atoms with Gasteiger partial charge in [0.2, 0.25) is 0 Å². The van der Waals surface area contributed by atoms with Crippen molar-refractivity contribution in [2.45, 2.75) is 26.7 Å². The van der Waals surface area contributed by atoms with Crippen LogP contribution in [0.25, 0.3) is 0 Å². The molecule has 3 N–H and O–H groups in total. The molecule has 2 rings (SSSR count). The summed E-state index contributed by atoms with van der Waals surface area (Å²) in [5.41, 5.74) is 2.88. The lowest BCUT2D eigenvalue weighted by atomic mass is 10.0. The molecule has 0 aliphatic heterocycles. The molecule has 0 radical (unpaired) electrons. The highest BCUT2D eigenvalue weighted by molar-refractivity contribution is 6.43. The molecule has 0 unspecified atom stereocenters. The van der Waals surface area contributed by atoms with Gasteiger partial charge in [-0.25, -0.2) is 0 Å². The van der Waals surface area contributed by atoms with E-state index >= 15 is 0 Å². The maximum absolute atomic E-state index is 11.9. The van der Waals surface area contributed by atoms with Gasteiger partial charge in [0.15, 0.2) is 0 Å². The lowest BCUT2D eigenvalue weighted by molar-refractivity contribution is -0.133. The van der Waals surface area contributed by atoms with Gasteiger partial charge in [-0.3, -0.25) is 9.59 Å². The molecule has 0 saturated heterocycles. The van der Waals surface area contributed by atoms with Crippen molar-refractivity contribution in [3.8, 4) is 5.75 Å². The first kappa shape index (κ1) is 16.5. The molecule has 0 bridgehead atoms. The molecule has 0 heterocycles. The fourth-order valence-corrected chi connectivity index (χ4v) is 2.11. The quantitative estimate of drug-likeness (QED) is 0.600. The van der Waals surface area contributed by atoms with Crippen molar-refractivity contribution in [3.63, 3.8) is 0 Å². The van der Waals surface area contributed by atoms with Crippen molar-refractivity contribution in [2.24, 2.45) is 0 Å². The predicted molar refractivity (Wildman–Crippen MR) is 90.6 cm³/mol. The number of hydrogen-bond acceptors (Lipinski definition) is 3. The normalized spacial score (nSPS) is 10.4. The number of phenols is 1. The standard InChI is InChI=1S/C18H20N2O3/c1-11(2)13-4-6-14(7-5-13)19-17(22)18(23)20-16-9-8-15(21)10-12(16)3/h4-11,21H,1-3H3,(H,19,22)(H,20,23). The van der Waals surface area contributed by atoms with E-state index in [9.17, 15) is 14.7 Å². The minimum Gasteiger partial charge on any atom is -0.508 e. The monoisotopic (exact) mass is 312 g/mol. The zero-order valence-corrected chi connectivity index (χ0v) is 13.4. The third-order valence-corrected chi connectivity index (χ3v) is 3.50. The molecule has 5 nitrogen and oxygen atoms in total. The van der Waals surface area contributed by atoms with E-state index in [0.29, 0.717) is 22.9 Å². The predicted octanol–water partition coefficient (Wildman–Crippen LogP) is 3.40. The minimum atomic E-state index is -0.758. The highest BCUT2D eigenvalue weighted by Crippen LogP contribution is 2.20. The van der Waals surface area contributed by atoms with Crippen LogP contribution in [0.2, 0.25) is 0 Å². The lowest BCUT2D eigenvalue weighted by Gasteiger charge is -2.10. The van der Waals surface area contributed by atoms with Gasteiger partial charge in [-0.05, 0) is 54.3 Å². The highest BCUT2D eigenvalue weighted by Gasteiger charge is 2.15. The van der Waals surface area contributed by atoms with Crippen LogP contribution >= 0.6 is 0 Å². The average molecular weight is 312 g/mol. The smallest absolute Gasteiger partial charge is 0.314 e. The lowest BCUT2D eigenvalue weighted by Crippen LogP contribution is -2.29. The second-order valence-electron chi connectivity index (χ2n) is 5.68. The summed E-state index contributed by atoms with van der Waals surface area (Å²) < 4.78 is 0. The zero-order valence-electron chi connectivity index (χ0n) is 13.4. The Labute approximate surface area is 135 Å².